The SMILES string of the molecule is CC1(C)CCC(=O)OC1C[N+](=O)[O-]. The van der Waals surface area contributed by atoms with E-state index in [0.29, 0.717) is 12.8 Å². The summed E-state index contributed by atoms with van der Waals surface area (Å²) < 4.78 is 4.93. The van der Waals surface area contributed by atoms with Gasteiger partial charge in [-0.2, -0.15) is 0 Å². The van der Waals surface area contributed by atoms with Crippen molar-refractivity contribution in [3.63, 3.8) is 0 Å². The van der Waals surface area contributed by atoms with Crippen molar-refractivity contribution in [3.05, 3.63) is 10.1 Å². The van der Waals surface area contributed by atoms with Crippen LogP contribution in [0.2, 0.25) is 0 Å². The predicted molar refractivity (Wildman–Crippen MR) is 44.8 cm³/mol. The van der Waals surface area contributed by atoms with Crippen LogP contribution in [0.25, 0.3) is 0 Å². The maximum absolute atomic E-state index is 10.9. The summed E-state index contributed by atoms with van der Waals surface area (Å²) in [5.41, 5.74) is -0.277. The van der Waals surface area contributed by atoms with Crippen LogP contribution in [-0.2, 0) is 9.53 Å². The van der Waals surface area contributed by atoms with Crippen molar-refractivity contribution in [1.82, 2.24) is 0 Å². The lowest BCUT2D eigenvalue weighted by atomic mass is 9.80. The van der Waals surface area contributed by atoms with Gasteiger partial charge in [0, 0.05) is 16.8 Å². The number of carbonyl (C=O) groups is 1. The van der Waals surface area contributed by atoms with Crippen LogP contribution >= 0.6 is 0 Å². The standard InChI is InChI=1S/C8H13NO4/c1-8(2)4-3-7(10)13-6(8)5-9(11)12/h6H,3-5H2,1-2H3. The van der Waals surface area contributed by atoms with Crippen molar-refractivity contribution < 1.29 is 14.5 Å². The lowest BCUT2D eigenvalue weighted by Gasteiger charge is -2.35. The first-order valence-electron chi connectivity index (χ1n) is 4.23. The molecule has 0 aromatic carbocycles. The van der Waals surface area contributed by atoms with Crippen LogP contribution in [0, 0.1) is 15.5 Å². The molecule has 0 N–H and O–H groups in total. The van der Waals surface area contributed by atoms with E-state index in [4.69, 9.17) is 4.74 Å². The van der Waals surface area contributed by atoms with Crippen molar-refractivity contribution in [3.8, 4) is 0 Å². The molecule has 1 aliphatic heterocycles. The van der Waals surface area contributed by atoms with E-state index in [9.17, 15) is 14.9 Å². The molecule has 74 valence electrons. The second-order valence-electron chi connectivity index (χ2n) is 3.98. The average Bonchev–Trinajstić information content (AvgIpc) is 1.97. The molecule has 0 aromatic rings. The smallest absolute Gasteiger partial charge is 0.306 e. The lowest BCUT2D eigenvalue weighted by molar-refractivity contribution is -0.494. The third-order valence-corrected chi connectivity index (χ3v) is 2.43. The number of carbonyl (C=O) groups excluding carboxylic acids is 1. The van der Waals surface area contributed by atoms with Gasteiger partial charge in [0.05, 0.1) is 0 Å². The third kappa shape index (κ3) is 2.40. The summed E-state index contributed by atoms with van der Waals surface area (Å²) >= 11 is 0. The second-order valence-corrected chi connectivity index (χ2v) is 3.98. The summed E-state index contributed by atoms with van der Waals surface area (Å²) in [5.74, 6) is -0.328. The molecule has 1 atom stereocenters. The fraction of sp³-hybridized carbons (Fsp3) is 0.875. The minimum absolute atomic E-state index is 0.277. The number of nitrogens with zero attached hydrogens (tertiary/aromatic N) is 1. The molecule has 5 nitrogen and oxygen atoms in total. The minimum Gasteiger partial charge on any atom is -0.455 e. The zero-order valence-corrected chi connectivity index (χ0v) is 7.78. The Bertz CT molecular complexity index is 234. The van der Waals surface area contributed by atoms with Crippen LogP contribution < -0.4 is 0 Å². The average molecular weight is 187 g/mol. The molecule has 0 amide bonds. The first-order valence-corrected chi connectivity index (χ1v) is 4.23. The zero-order chi connectivity index (χ0) is 10.1. The van der Waals surface area contributed by atoms with Crippen molar-refractivity contribution in [1.29, 1.82) is 0 Å². The maximum atomic E-state index is 10.9. The van der Waals surface area contributed by atoms with Gasteiger partial charge in [0.15, 0.2) is 6.10 Å². The van der Waals surface area contributed by atoms with E-state index >= 15 is 0 Å². The van der Waals surface area contributed by atoms with Gasteiger partial charge in [-0.05, 0) is 6.42 Å². The van der Waals surface area contributed by atoms with Gasteiger partial charge >= 0.3 is 5.97 Å². The number of hydrogen-bond donors (Lipinski definition) is 0. The van der Waals surface area contributed by atoms with Crippen molar-refractivity contribution in [2.45, 2.75) is 32.8 Å². The van der Waals surface area contributed by atoms with Crippen molar-refractivity contribution in [2.75, 3.05) is 6.54 Å². The summed E-state index contributed by atoms with van der Waals surface area (Å²) in [6, 6.07) is 0. The quantitative estimate of drug-likeness (QED) is 0.367. The molecule has 1 aliphatic rings. The Hall–Kier alpha value is -1.13. The van der Waals surface area contributed by atoms with Gasteiger partial charge in [0.1, 0.15) is 0 Å². The molecular formula is C8H13NO4. The Balaban J connectivity index is 2.66. The number of cyclic esters (lactones) is 1. The van der Waals surface area contributed by atoms with Crippen LogP contribution in [0.1, 0.15) is 26.7 Å². The van der Waals surface area contributed by atoms with E-state index in [2.05, 4.69) is 0 Å². The molecular weight excluding hydrogens is 174 g/mol. The number of nitro groups is 1. The summed E-state index contributed by atoms with van der Waals surface area (Å²) in [7, 11) is 0. The number of ether oxygens (including phenoxy) is 1. The molecule has 1 unspecified atom stereocenters. The van der Waals surface area contributed by atoms with E-state index in [1.54, 1.807) is 0 Å². The number of hydrogen-bond acceptors (Lipinski definition) is 4. The van der Waals surface area contributed by atoms with Gasteiger partial charge in [-0.15, -0.1) is 0 Å². The Morgan fingerprint density at radius 2 is 2.31 bits per heavy atom. The van der Waals surface area contributed by atoms with E-state index in [1.165, 1.54) is 0 Å². The van der Waals surface area contributed by atoms with E-state index in [0.717, 1.165) is 0 Å². The third-order valence-electron chi connectivity index (χ3n) is 2.43. The highest BCUT2D eigenvalue weighted by atomic mass is 16.6. The summed E-state index contributed by atoms with van der Waals surface area (Å²) in [4.78, 5) is 20.7. The lowest BCUT2D eigenvalue weighted by Crippen LogP contribution is -2.43. The Morgan fingerprint density at radius 1 is 1.69 bits per heavy atom. The normalized spacial score (nSPS) is 26.6. The summed E-state index contributed by atoms with van der Waals surface area (Å²) in [5, 5.41) is 10.3. The highest BCUT2D eigenvalue weighted by molar-refractivity contribution is 5.70. The molecule has 1 fully saturated rings. The van der Waals surface area contributed by atoms with Gasteiger partial charge in [0.25, 0.3) is 0 Å². The molecule has 0 aliphatic carbocycles. The van der Waals surface area contributed by atoms with Crippen LogP contribution in [0.4, 0.5) is 0 Å². The molecule has 0 spiro atoms. The fourth-order valence-corrected chi connectivity index (χ4v) is 1.38. The number of rotatable bonds is 2. The Labute approximate surface area is 76.2 Å². The summed E-state index contributed by atoms with van der Waals surface area (Å²) in [6.07, 6.45) is 0.440. The van der Waals surface area contributed by atoms with Crippen molar-refractivity contribution >= 4 is 5.97 Å². The molecule has 1 heterocycles. The minimum atomic E-state index is -0.580. The van der Waals surface area contributed by atoms with Gasteiger partial charge < -0.3 is 4.74 Å². The van der Waals surface area contributed by atoms with Crippen LogP contribution in [-0.4, -0.2) is 23.5 Å². The zero-order valence-electron chi connectivity index (χ0n) is 7.78. The van der Waals surface area contributed by atoms with Crippen LogP contribution in [0.15, 0.2) is 0 Å². The molecule has 0 aromatic heterocycles. The molecule has 5 heteroatoms. The molecule has 0 radical (unpaired) electrons. The highest BCUT2D eigenvalue weighted by Gasteiger charge is 2.40. The van der Waals surface area contributed by atoms with Gasteiger partial charge in [-0.25, -0.2) is 0 Å². The van der Waals surface area contributed by atoms with E-state index < -0.39 is 11.0 Å². The molecule has 1 rings (SSSR count). The van der Waals surface area contributed by atoms with E-state index in [1.807, 2.05) is 13.8 Å². The molecule has 0 bridgehead atoms. The van der Waals surface area contributed by atoms with Crippen LogP contribution in [0.3, 0.4) is 0 Å². The Morgan fingerprint density at radius 3 is 2.85 bits per heavy atom. The molecule has 13 heavy (non-hydrogen) atoms. The second kappa shape index (κ2) is 3.32. The highest BCUT2D eigenvalue weighted by Crippen LogP contribution is 2.33. The number of esters is 1. The molecule has 0 saturated carbocycles. The Kier molecular flexibility index (Phi) is 2.54. The first kappa shape index (κ1) is 9.95. The monoisotopic (exact) mass is 187 g/mol. The molecule has 1 saturated heterocycles. The topological polar surface area (TPSA) is 69.4 Å². The van der Waals surface area contributed by atoms with Crippen LogP contribution in [0.5, 0.6) is 0 Å². The summed E-state index contributed by atoms with van der Waals surface area (Å²) in [6.45, 7) is 3.47. The predicted octanol–water partition coefficient (Wildman–Crippen LogP) is 0.995. The maximum Gasteiger partial charge on any atom is 0.306 e. The first-order chi connectivity index (χ1) is 5.92. The van der Waals surface area contributed by atoms with Gasteiger partial charge in [-0.1, -0.05) is 13.8 Å². The largest absolute Gasteiger partial charge is 0.455 e. The van der Waals surface area contributed by atoms with Gasteiger partial charge in [-0.3, -0.25) is 14.9 Å². The van der Waals surface area contributed by atoms with Gasteiger partial charge in [0.2, 0.25) is 6.54 Å². The van der Waals surface area contributed by atoms with E-state index in [-0.39, 0.29) is 17.9 Å². The van der Waals surface area contributed by atoms with Crippen molar-refractivity contribution in [2.24, 2.45) is 5.41 Å². The fourth-order valence-electron chi connectivity index (χ4n) is 1.38.